The first-order valence-corrected chi connectivity index (χ1v) is 12.1. The Kier molecular flexibility index (Phi) is 20.1. The molecule has 6 heteroatoms. The van der Waals surface area contributed by atoms with E-state index in [4.69, 9.17) is 4.74 Å². The van der Waals surface area contributed by atoms with Crippen LogP contribution in [0.4, 0.5) is 0 Å². The van der Waals surface area contributed by atoms with Gasteiger partial charge in [0.2, 0.25) is 5.91 Å². The molecule has 0 aliphatic carbocycles. The first-order chi connectivity index (χ1) is 15.0. The van der Waals surface area contributed by atoms with Gasteiger partial charge in [-0.1, -0.05) is 70.4 Å². The van der Waals surface area contributed by atoms with E-state index in [1.54, 1.807) is 0 Å². The Morgan fingerprint density at radius 1 is 0.742 bits per heavy atom. The minimum Gasteiger partial charge on any atom is -0.469 e. The summed E-state index contributed by atoms with van der Waals surface area (Å²) in [4.78, 5) is 35.1. The Morgan fingerprint density at radius 2 is 1.29 bits per heavy atom. The molecule has 0 saturated heterocycles. The highest BCUT2D eigenvalue weighted by atomic mass is 16.5. The third-order valence-corrected chi connectivity index (χ3v) is 5.35. The summed E-state index contributed by atoms with van der Waals surface area (Å²) in [7, 11) is 2.56. The number of allylic oxidation sites excluding steroid dienone is 2. The average molecular weight is 440 g/mol. The fraction of sp³-hybridized carbons (Fsp3) is 0.800. The number of methoxy groups -OCH3 is 2. The van der Waals surface area contributed by atoms with Crippen molar-refractivity contribution < 1.29 is 23.9 Å². The van der Waals surface area contributed by atoms with Crippen molar-refractivity contribution in [2.24, 2.45) is 0 Å². The molecular formula is C25H45NO5. The summed E-state index contributed by atoms with van der Waals surface area (Å²) in [5.41, 5.74) is 0. The maximum atomic E-state index is 12.1. The SMILES string of the molecule is CCCCCCCC/C=C\CCCCCCCC(=O)N[C@H](CCC(=O)OC)C(=O)OC. The Balaban J connectivity index is 3.69. The third-order valence-electron chi connectivity index (χ3n) is 5.35. The first kappa shape index (κ1) is 29.1. The average Bonchev–Trinajstić information content (AvgIpc) is 2.78. The summed E-state index contributed by atoms with van der Waals surface area (Å²) in [5.74, 6) is -1.14. The van der Waals surface area contributed by atoms with Gasteiger partial charge in [-0.3, -0.25) is 9.59 Å². The van der Waals surface area contributed by atoms with Gasteiger partial charge in [-0.25, -0.2) is 4.79 Å². The van der Waals surface area contributed by atoms with Crippen LogP contribution < -0.4 is 5.32 Å². The van der Waals surface area contributed by atoms with E-state index in [1.807, 2.05) is 0 Å². The topological polar surface area (TPSA) is 81.7 Å². The molecule has 0 unspecified atom stereocenters. The molecule has 0 bridgehead atoms. The summed E-state index contributed by atoms with van der Waals surface area (Å²) in [6, 6.07) is -0.806. The number of nitrogens with one attached hydrogen (secondary N) is 1. The van der Waals surface area contributed by atoms with Crippen LogP contribution in [0.15, 0.2) is 12.2 Å². The molecule has 0 spiro atoms. The molecule has 0 aliphatic rings. The van der Waals surface area contributed by atoms with Crippen molar-refractivity contribution in [3.05, 3.63) is 12.2 Å². The first-order valence-electron chi connectivity index (χ1n) is 12.1. The number of hydrogen-bond donors (Lipinski definition) is 1. The molecule has 31 heavy (non-hydrogen) atoms. The van der Waals surface area contributed by atoms with Gasteiger partial charge in [-0.05, 0) is 38.5 Å². The molecule has 0 radical (unpaired) electrons. The maximum Gasteiger partial charge on any atom is 0.328 e. The lowest BCUT2D eigenvalue weighted by molar-refractivity contribution is -0.146. The van der Waals surface area contributed by atoms with E-state index in [-0.39, 0.29) is 18.7 Å². The van der Waals surface area contributed by atoms with Gasteiger partial charge in [-0.15, -0.1) is 0 Å². The number of esters is 2. The predicted octanol–water partition coefficient (Wildman–Crippen LogP) is 5.63. The summed E-state index contributed by atoms with van der Waals surface area (Å²) in [5, 5.41) is 2.67. The lowest BCUT2D eigenvalue weighted by Crippen LogP contribution is -2.41. The van der Waals surface area contributed by atoms with Gasteiger partial charge in [0.15, 0.2) is 0 Å². The molecular weight excluding hydrogens is 394 g/mol. The predicted molar refractivity (Wildman–Crippen MR) is 125 cm³/mol. The van der Waals surface area contributed by atoms with Gasteiger partial charge in [0.1, 0.15) is 6.04 Å². The van der Waals surface area contributed by atoms with E-state index in [1.165, 1.54) is 72.0 Å². The molecule has 0 fully saturated rings. The van der Waals surface area contributed by atoms with Gasteiger partial charge in [0.25, 0.3) is 0 Å². The Labute approximate surface area is 189 Å². The van der Waals surface area contributed by atoms with E-state index in [2.05, 4.69) is 29.1 Å². The van der Waals surface area contributed by atoms with Crippen LogP contribution in [0.3, 0.4) is 0 Å². The molecule has 0 aromatic rings. The molecule has 0 aliphatic heterocycles. The molecule has 1 amide bonds. The van der Waals surface area contributed by atoms with Gasteiger partial charge in [-0.2, -0.15) is 0 Å². The third kappa shape index (κ3) is 18.6. The molecule has 0 saturated carbocycles. The summed E-state index contributed by atoms with van der Waals surface area (Å²) >= 11 is 0. The van der Waals surface area contributed by atoms with Crippen molar-refractivity contribution >= 4 is 17.8 Å². The maximum absolute atomic E-state index is 12.1. The zero-order valence-corrected chi connectivity index (χ0v) is 20.1. The summed E-state index contributed by atoms with van der Waals surface area (Å²) in [6.45, 7) is 2.25. The zero-order chi connectivity index (χ0) is 23.2. The van der Waals surface area contributed by atoms with E-state index in [9.17, 15) is 14.4 Å². The number of hydrogen-bond acceptors (Lipinski definition) is 5. The fourth-order valence-corrected chi connectivity index (χ4v) is 3.38. The van der Waals surface area contributed by atoms with Crippen LogP contribution in [0.2, 0.25) is 0 Å². The van der Waals surface area contributed by atoms with E-state index >= 15 is 0 Å². The van der Waals surface area contributed by atoms with Crippen LogP contribution in [0, 0.1) is 0 Å². The van der Waals surface area contributed by atoms with Gasteiger partial charge in [0.05, 0.1) is 14.2 Å². The second-order valence-electron chi connectivity index (χ2n) is 8.09. The van der Waals surface area contributed by atoms with Crippen LogP contribution in [0.5, 0.6) is 0 Å². The van der Waals surface area contributed by atoms with Crippen molar-refractivity contribution in [2.45, 2.75) is 116 Å². The largest absolute Gasteiger partial charge is 0.469 e. The van der Waals surface area contributed by atoms with E-state index in [0.717, 1.165) is 25.7 Å². The van der Waals surface area contributed by atoms with Crippen molar-refractivity contribution in [3.63, 3.8) is 0 Å². The van der Waals surface area contributed by atoms with Crippen molar-refractivity contribution in [2.75, 3.05) is 14.2 Å². The van der Waals surface area contributed by atoms with Crippen molar-refractivity contribution in [3.8, 4) is 0 Å². The molecule has 0 aromatic heterocycles. The van der Waals surface area contributed by atoms with Crippen LogP contribution in [0.25, 0.3) is 0 Å². The van der Waals surface area contributed by atoms with Crippen LogP contribution in [-0.2, 0) is 23.9 Å². The standard InChI is InChI=1S/C25H45NO5/c1-4-5-6-7-8-9-10-11-12-13-14-15-16-17-18-19-23(27)26-22(25(29)31-3)20-21-24(28)30-2/h11-12,22H,4-10,13-21H2,1-3H3,(H,26,27)/b12-11-/t22-/m1/s1. The number of unbranched alkanes of at least 4 members (excludes halogenated alkanes) is 11. The highest BCUT2D eigenvalue weighted by Crippen LogP contribution is 2.10. The highest BCUT2D eigenvalue weighted by Gasteiger charge is 2.22. The number of carbonyl (C=O) groups excluding carboxylic acids is 3. The molecule has 0 heterocycles. The second kappa shape index (κ2) is 21.4. The zero-order valence-electron chi connectivity index (χ0n) is 20.1. The van der Waals surface area contributed by atoms with Crippen molar-refractivity contribution in [1.29, 1.82) is 0 Å². The lowest BCUT2D eigenvalue weighted by Gasteiger charge is -2.16. The van der Waals surface area contributed by atoms with Gasteiger partial charge in [0, 0.05) is 12.8 Å². The molecule has 0 aromatic carbocycles. The number of ether oxygens (including phenoxy) is 2. The van der Waals surface area contributed by atoms with Gasteiger partial charge < -0.3 is 14.8 Å². The van der Waals surface area contributed by atoms with Gasteiger partial charge >= 0.3 is 11.9 Å². The van der Waals surface area contributed by atoms with Crippen LogP contribution in [-0.4, -0.2) is 38.1 Å². The Morgan fingerprint density at radius 3 is 1.84 bits per heavy atom. The number of rotatable bonds is 20. The normalized spacial score (nSPS) is 12.0. The minimum atomic E-state index is -0.806. The monoisotopic (exact) mass is 439 g/mol. The molecule has 1 N–H and O–H groups in total. The summed E-state index contributed by atoms with van der Waals surface area (Å²) < 4.78 is 9.27. The smallest absolute Gasteiger partial charge is 0.328 e. The van der Waals surface area contributed by atoms with Crippen LogP contribution in [0.1, 0.15) is 110 Å². The van der Waals surface area contributed by atoms with Crippen molar-refractivity contribution in [1.82, 2.24) is 5.32 Å². The van der Waals surface area contributed by atoms with E-state index in [0.29, 0.717) is 6.42 Å². The fourth-order valence-electron chi connectivity index (χ4n) is 3.38. The highest BCUT2D eigenvalue weighted by molar-refractivity contribution is 5.84. The molecule has 180 valence electrons. The second-order valence-corrected chi connectivity index (χ2v) is 8.09. The summed E-state index contributed by atoms with van der Waals surface area (Å²) in [6.07, 6.45) is 20.9. The van der Waals surface area contributed by atoms with Crippen LogP contribution >= 0.6 is 0 Å². The Hall–Kier alpha value is -1.85. The lowest BCUT2D eigenvalue weighted by atomic mass is 10.1. The molecule has 6 nitrogen and oxygen atoms in total. The number of amides is 1. The Bertz CT molecular complexity index is 504. The quantitative estimate of drug-likeness (QED) is 0.151. The molecule has 1 atom stereocenters. The van der Waals surface area contributed by atoms with E-state index < -0.39 is 18.0 Å². The minimum absolute atomic E-state index is 0.0595. The molecule has 0 rings (SSSR count). The number of carbonyl (C=O) groups is 3.